The van der Waals surface area contributed by atoms with Crippen molar-refractivity contribution in [1.82, 2.24) is 0 Å². The number of hydrogen-bond acceptors (Lipinski definition) is 1. The van der Waals surface area contributed by atoms with Crippen molar-refractivity contribution in [3.8, 4) is 0 Å². The summed E-state index contributed by atoms with van der Waals surface area (Å²) in [7, 11) is 0. The van der Waals surface area contributed by atoms with Gasteiger partial charge >= 0.3 is 0 Å². The highest BCUT2D eigenvalue weighted by Gasteiger charge is 2.12. The molecule has 0 saturated heterocycles. The Balaban J connectivity index is 2.23. The zero-order valence-corrected chi connectivity index (χ0v) is 12.0. The highest BCUT2D eigenvalue weighted by molar-refractivity contribution is 9.10. The van der Waals surface area contributed by atoms with Crippen LogP contribution < -0.4 is 5.73 Å². The Kier molecular flexibility index (Phi) is 4.32. The van der Waals surface area contributed by atoms with Crippen LogP contribution >= 0.6 is 15.9 Å². The van der Waals surface area contributed by atoms with Gasteiger partial charge in [0.05, 0.1) is 4.47 Å². The normalized spacial score (nSPS) is 12.5. The molecule has 19 heavy (non-hydrogen) atoms. The summed E-state index contributed by atoms with van der Waals surface area (Å²) in [6.45, 7) is 1.70. The Hall–Kier alpha value is -1.26. The van der Waals surface area contributed by atoms with Gasteiger partial charge in [-0.1, -0.05) is 24.3 Å². The van der Waals surface area contributed by atoms with Crippen molar-refractivity contribution in [1.29, 1.82) is 0 Å². The van der Waals surface area contributed by atoms with Gasteiger partial charge in [-0.05, 0) is 58.1 Å². The zero-order valence-electron chi connectivity index (χ0n) is 10.5. The van der Waals surface area contributed by atoms with Gasteiger partial charge in [-0.15, -0.1) is 0 Å². The minimum absolute atomic E-state index is 0.247. The summed E-state index contributed by atoms with van der Waals surface area (Å²) in [5.74, 6) is -0.553. The summed E-state index contributed by atoms with van der Waals surface area (Å²) in [6.07, 6.45) is 0.489. The number of nitrogens with two attached hydrogens (primary N) is 1. The molecule has 1 nitrogen and oxygen atoms in total. The fourth-order valence-electron chi connectivity index (χ4n) is 1.96. The van der Waals surface area contributed by atoms with Crippen molar-refractivity contribution in [2.45, 2.75) is 19.4 Å². The second-order valence-electron chi connectivity index (χ2n) is 4.53. The van der Waals surface area contributed by atoms with Gasteiger partial charge in [-0.2, -0.15) is 0 Å². The number of hydrogen-bond donors (Lipinski definition) is 1. The SMILES string of the molecule is Cc1cc(C(N)Cc2cccc(F)c2Br)ccc1F. The van der Waals surface area contributed by atoms with E-state index < -0.39 is 0 Å². The van der Waals surface area contributed by atoms with Gasteiger partial charge in [0.15, 0.2) is 0 Å². The molecule has 0 saturated carbocycles. The fraction of sp³-hybridized carbons (Fsp3) is 0.200. The van der Waals surface area contributed by atoms with Gasteiger partial charge in [0, 0.05) is 6.04 Å². The third kappa shape index (κ3) is 3.19. The minimum atomic E-state index is -0.306. The lowest BCUT2D eigenvalue weighted by Gasteiger charge is -2.14. The highest BCUT2D eigenvalue weighted by Crippen LogP contribution is 2.25. The highest BCUT2D eigenvalue weighted by atomic mass is 79.9. The molecule has 0 aliphatic carbocycles. The van der Waals surface area contributed by atoms with E-state index in [0.717, 1.165) is 11.1 Å². The van der Waals surface area contributed by atoms with Gasteiger partial charge in [-0.3, -0.25) is 0 Å². The molecule has 4 heteroatoms. The molecule has 0 heterocycles. The van der Waals surface area contributed by atoms with E-state index in [-0.39, 0.29) is 17.7 Å². The average molecular weight is 326 g/mol. The van der Waals surface area contributed by atoms with Gasteiger partial charge in [0.1, 0.15) is 11.6 Å². The van der Waals surface area contributed by atoms with Crippen molar-refractivity contribution in [3.63, 3.8) is 0 Å². The summed E-state index contributed by atoms with van der Waals surface area (Å²) >= 11 is 3.22. The Morgan fingerprint density at radius 1 is 1.16 bits per heavy atom. The molecule has 0 bridgehead atoms. The van der Waals surface area contributed by atoms with Crippen LogP contribution in [0.2, 0.25) is 0 Å². The molecule has 1 atom stereocenters. The van der Waals surface area contributed by atoms with E-state index in [4.69, 9.17) is 5.73 Å². The second kappa shape index (κ2) is 5.80. The van der Waals surface area contributed by atoms with Crippen molar-refractivity contribution >= 4 is 15.9 Å². The van der Waals surface area contributed by atoms with Crippen LogP contribution in [0.4, 0.5) is 8.78 Å². The van der Waals surface area contributed by atoms with E-state index in [9.17, 15) is 8.78 Å². The molecule has 2 rings (SSSR count). The van der Waals surface area contributed by atoms with Crippen LogP contribution in [0.15, 0.2) is 40.9 Å². The lowest BCUT2D eigenvalue weighted by molar-refractivity contribution is 0.610. The Morgan fingerprint density at radius 2 is 1.89 bits per heavy atom. The topological polar surface area (TPSA) is 26.0 Å². The molecule has 0 aliphatic rings. The van der Waals surface area contributed by atoms with Gasteiger partial charge in [0.2, 0.25) is 0 Å². The predicted octanol–water partition coefficient (Wildman–Crippen LogP) is 4.28. The first-order valence-electron chi connectivity index (χ1n) is 5.93. The van der Waals surface area contributed by atoms with Crippen LogP contribution in [0.5, 0.6) is 0 Å². The van der Waals surface area contributed by atoms with Crippen molar-refractivity contribution in [2.24, 2.45) is 5.73 Å². The maximum absolute atomic E-state index is 13.4. The number of aryl methyl sites for hydroxylation is 1. The first-order chi connectivity index (χ1) is 8.99. The summed E-state index contributed by atoms with van der Waals surface area (Å²) in [4.78, 5) is 0. The molecule has 0 aliphatic heterocycles. The predicted molar refractivity (Wildman–Crippen MR) is 75.9 cm³/mol. The monoisotopic (exact) mass is 325 g/mol. The van der Waals surface area contributed by atoms with Gasteiger partial charge < -0.3 is 5.73 Å². The Labute approximate surface area is 119 Å². The van der Waals surface area contributed by atoms with Crippen LogP contribution in [0.3, 0.4) is 0 Å². The summed E-state index contributed by atoms with van der Waals surface area (Å²) < 4.78 is 27.1. The molecule has 100 valence electrons. The minimum Gasteiger partial charge on any atom is -0.324 e. The molecular formula is C15H14BrF2N. The number of rotatable bonds is 3. The molecule has 2 aromatic carbocycles. The third-order valence-corrected chi connectivity index (χ3v) is 3.97. The quantitative estimate of drug-likeness (QED) is 0.895. The van der Waals surface area contributed by atoms with E-state index in [1.54, 1.807) is 25.1 Å². The maximum atomic E-state index is 13.4. The van der Waals surface area contributed by atoms with E-state index in [0.29, 0.717) is 16.5 Å². The first-order valence-corrected chi connectivity index (χ1v) is 6.73. The molecule has 0 spiro atoms. The first kappa shape index (κ1) is 14.2. The van der Waals surface area contributed by atoms with Crippen LogP contribution in [-0.2, 0) is 6.42 Å². The lowest BCUT2D eigenvalue weighted by Crippen LogP contribution is -2.14. The molecule has 0 fully saturated rings. The van der Waals surface area contributed by atoms with Crippen LogP contribution in [0, 0.1) is 18.6 Å². The fourth-order valence-corrected chi connectivity index (χ4v) is 2.39. The molecule has 2 aromatic rings. The number of benzene rings is 2. The third-order valence-electron chi connectivity index (χ3n) is 3.08. The summed E-state index contributed by atoms with van der Waals surface area (Å²) in [5.41, 5.74) is 8.30. The standard InChI is InChI=1S/C15H14BrF2N/c1-9-7-10(5-6-12(9)17)14(19)8-11-3-2-4-13(18)15(11)16/h2-7,14H,8,19H2,1H3. The number of halogens is 3. The zero-order chi connectivity index (χ0) is 14.0. The second-order valence-corrected chi connectivity index (χ2v) is 5.33. The van der Waals surface area contributed by atoms with Crippen molar-refractivity contribution < 1.29 is 8.78 Å². The summed E-state index contributed by atoms with van der Waals surface area (Å²) in [5, 5.41) is 0. The molecular weight excluding hydrogens is 312 g/mol. The average Bonchev–Trinajstić information content (AvgIpc) is 2.38. The Morgan fingerprint density at radius 3 is 2.58 bits per heavy atom. The molecule has 0 radical (unpaired) electrons. The van der Waals surface area contributed by atoms with E-state index in [1.807, 2.05) is 6.07 Å². The molecule has 0 aromatic heterocycles. The Bertz CT molecular complexity index is 599. The summed E-state index contributed by atoms with van der Waals surface area (Å²) in [6, 6.07) is 9.37. The van der Waals surface area contributed by atoms with E-state index in [1.165, 1.54) is 12.1 Å². The van der Waals surface area contributed by atoms with E-state index in [2.05, 4.69) is 15.9 Å². The smallest absolute Gasteiger partial charge is 0.137 e. The van der Waals surface area contributed by atoms with E-state index >= 15 is 0 Å². The van der Waals surface area contributed by atoms with Gasteiger partial charge in [0.25, 0.3) is 0 Å². The molecule has 2 N–H and O–H groups in total. The van der Waals surface area contributed by atoms with Crippen molar-refractivity contribution in [3.05, 3.63) is 69.2 Å². The van der Waals surface area contributed by atoms with Crippen molar-refractivity contribution in [2.75, 3.05) is 0 Å². The van der Waals surface area contributed by atoms with Crippen LogP contribution in [-0.4, -0.2) is 0 Å². The maximum Gasteiger partial charge on any atom is 0.137 e. The lowest BCUT2D eigenvalue weighted by atomic mass is 9.98. The van der Waals surface area contributed by atoms with Crippen LogP contribution in [0.25, 0.3) is 0 Å². The van der Waals surface area contributed by atoms with Gasteiger partial charge in [-0.25, -0.2) is 8.78 Å². The largest absolute Gasteiger partial charge is 0.324 e. The molecule has 0 amide bonds. The van der Waals surface area contributed by atoms with Crippen LogP contribution in [0.1, 0.15) is 22.7 Å². The molecule has 1 unspecified atom stereocenters.